The van der Waals surface area contributed by atoms with Crippen molar-refractivity contribution in [2.75, 3.05) is 38.2 Å². The van der Waals surface area contributed by atoms with Gasteiger partial charge in [-0.05, 0) is 12.1 Å². The second kappa shape index (κ2) is 4.25. The summed E-state index contributed by atoms with van der Waals surface area (Å²) in [5.74, 6) is 1.70. The molecule has 0 bridgehead atoms. The molecular weight excluding hydrogens is 218 g/mol. The Hall–Kier alpha value is -1.75. The highest BCUT2D eigenvalue weighted by molar-refractivity contribution is 5.94. The number of rotatable bonds is 2. The lowest BCUT2D eigenvalue weighted by atomic mass is 10.2. The predicted octanol–water partition coefficient (Wildman–Crippen LogP) is 1.25. The maximum absolute atomic E-state index is 5.37. The lowest BCUT2D eigenvalue weighted by molar-refractivity contribution is 0.419. The number of aromatic nitrogens is 1. The number of nitrogens with zero attached hydrogens (tertiary/aromatic N) is 2. The first-order valence-corrected chi connectivity index (χ1v) is 5.78. The summed E-state index contributed by atoms with van der Waals surface area (Å²) in [5.41, 5.74) is 0.776. The summed E-state index contributed by atoms with van der Waals surface area (Å²) >= 11 is 0. The minimum Gasteiger partial charge on any atom is -0.496 e. The molecule has 1 saturated heterocycles. The third-order valence-electron chi connectivity index (χ3n) is 3.08. The van der Waals surface area contributed by atoms with Crippen molar-refractivity contribution in [2.45, 2.75) is 0 Å². The van der Waals surface area contributed by atoms with E-state index in [1.807, 2.05) is 18.2 Å². The number of nitrogens with one attached hydrogen (secondary N) is 1. The smallest absolute Gasteiger partial charge is 0.183 e. The number of anilines is 1. The van der Waals surface area contributed by atoms with E-state index in [9.17, 15) is 0 Å². The average molecular weight is 233 g/mol. The Bertz CT molecular complexity index is 517. The van der Waals surface area contributed by atoms with E-state index in [1.165, 1.54) is 0 Å². The fourth-order valence-electron chi connectivity index (χ4n) is 2.21. The molecule has 0 aliphatic carbocycles. The number of piperazine rings is 1. The highest BCUT2D eigenvalue weighted by Gasteiger charge is 2.20. The summed E-state index contributed by atoms with van der Waals surface area (Å²) < 4.78 is 10.7. The van der Waals surface area contributed by atoms with E-state index < -0.39 is 0 Å². The lowest BCUT2D eigenvalue weighted by Crippen LogP contribution is -2.43. The molecule has 1 aliphatic rings. The molecular formula is C12H15N3O2. The van der Waals surface area contributed by atoms with Crippen LogP contribution in [0.4, 0.5) is 5.82 Å². The Balaban J connectivity index is 2.09. The van der Waals surface area contributed by atoms with Gasteiger partial charge in [0.25, 0.3) is 0 Å². The van der Waals surface area contributed by atoms with Crippen molar-refractivity contribution in [2.24, 2.45) is 0 Å². The van der Waals surface area contributed by atoms with E-state index in [1.54, 1.807) is 7.11 Å². The van der Waals surface area contributed by atoms with Gasteiger partial charge in [0.15, 0.2) is 11.4 Å². The average Bonchev–Trinajstić information content (AvgIpc) is 2.83. The summed E-state index contributed by atoms with van der Waals surface area (Å²) in [4.78, 5) is 2.23. The van der Waals surface area contributed by atoms with Gasteiger partial charge in [-0.15, -0.1) is 0 Å². The van der Waals surface area contributed by atoms with Crippen molar-refractivity contribution >= 4 is 16.8 Å². The van der Waals surface area contributed by atoms with E-state index in [-0.39, 0.29) is 0 Å². The van der Waals surface area contributed by atoms with Gasteiger partial charge < -0.3 is 19.5 Å². The zero-order valence-corrected chi connectivity index (χ0v) is 9.77. The first kappa shape index (κ1) is 10.4. The SMILES string of the molecule is COc1cccc2onc(N3CCNCC3)c12. The fraction of sp³-hybridized carbons (Fsp3) is 0.417. The Morgan fingerprint density at radius 3 is 2.94 bits per heavy atom. The summed E-state index contributed by atoms with van der Waals surface area (Å²) in [6.07, 6.45) is 0. The van der Waals surface area contributed by atoms with Gasteiger partial charge in [-0.3, -0.25) is 0 Å². The molecule has 5 heteroatoms. The maximum atomic E-state index is 5.37. The van der Waals surface area contributed by atoms with Gasteiger partial charge in [-0.25, -0.2) is 0 Å². The zero-order valence-electron chi connectivity index (χ0n) is 9.77. The van der Waals surface area contributed by atoms with Gasteiger partial charge in [-0.1, -0.05) is 11.2 Å². The minimum atomic E-state index is 0.776. The second-order valence-electron chi connectivity index (χ2n) is 4.08. The largest absolute Gasteiger partial charge is 0.496 e. The highest BCUT2D eigenvalue weighted by Crippen LogP contribution is 2.33. The van der Waals surface area contributed by atoms with Gasteiger partial charge in [0.05, 0.1) is 7.11 Å². The predicted molar refractivity (Wildman–Crippen MR) is 65.6 cm³/mol. The van der Waals surface area contributed by atoms with Crippen molar-refractivity contribution in [1.29, 1.82) is 0 Å². The van der Waals surface area contributed by atoms with Crippen LogP contribution in [0.3, 0.4) is 0 Å². The van der Waals surface area contributed by atoms with Gasteiger partial charge in [0.1, 0.15) is 11.1 Å². The molecule has 2 heterocycles. The molecule has 1 aliphatic heterocycles. The van der Waals surface area contributed by atoms with E-state index in [2.05, 4.69) is 15.4 Å². The van der Waals surface area contributed by atoms with Crippen molar-refractivity contribution in [3.8, 4) is 5.75 Å². The van der Waals surface area contributed by atoms with Gasteiger partial charge in [0, 0.05) is 26.2 Å². The zero-order chi connectivity index (χ0) is 11.7. The van der Waals surface area contributed by atoms with Crippen molar-refractivity contribution in [1.82, 2.24) is 10.5 Å². The first-order valence-electron chi connectivity index (χ1n) is 5.78. The van der Waals surface area contributed by atoms with Crippen LogP contribution in [0.1, 0.15) is 0 Å². The molecule has 1 N–H and O–H groups in total. The number of hydrogen-bond acceptors (Lipinski definition) is 5. The third-order valence-corrected chi connectivity index (χ3v) is 3.08. The van der Waals surface area contributed by atoms with E-state index in [0.717, 1.165) is 48.7 Å². The van der Waals surface area contributed by atoms with Gasteiger partial charge >= 0.3 is 0 Å². The Morgan fingerprint density at radius 2 is 2.18 bits per heavy atom. The van der Waals surface area contributed by atoms with E-state index >= 15 is 0 Å². The second-order valence-corrected chi connectivity index (χ2v) is 4.08. The molecule has 3 rings (SSSR count). The first-order chi connectivity index (χ1) is 8.40. The van der Waals surface area contributed by atoms with Crippen molar-refractivity contribution in [3.05, 3.63) is 18.2 Å². The van der Waals surface area contributed by atoms with Gasteiger partial charge in [-0.2, -0.15) is 0 Å². The van der Waals surface area contributed by atoms with Crippen LogP contribution in [-0.4, -0.2) is 38.4 Å². The van der Waals surface area contributed by atoms with Crippen LogP contribution < -0.4 is 15.0 Å². The molecule has 0 unspecified atom stereocenters. The molecule has 17 heavy (non-hydrogen) atoms. The van der Waals surface area contributed by atoms with Gasteiger partial charge in [0.2, 0.25) is 0 Å². The normalized spacial score (nSPS) is 16.4. The third kappa shape index (κ3) is 1.72. The lowest BCUT2D eigenvalue weighted by Gasteiger charge is -2.27. The molecule has 0 radical (unpaired) electrons. The fourth-order valence-corrected chi connectivity index (χ4v) is 2.21. The summed E-state index contributed by atoms with van der Waals surface area (Å²) in [5, 5.41) is 8.46. The Kier molecular flexibility index (Phi) is 2.60. The highest BCUT2D eigenvalue weighted by atomic mass is 16.5. The van der Waals surface area contributed by atoms with E-state index in [0.29, 0.717) is 0 Å². The van der Waals surface area contributed by atoms with E-state index in [4.69, 9.17) is 9.26 Å². The molecule has 0 amide bonds. The Morgan fingerprint density at radius 1 is 1.35 bits per heavy atom. The standard InChI is InChI=1S/C12H15N3O2/c1-16-9-3-2-4-10-11(9)12(14-17-10)15-7-5-13-6-8-15/h2-4,13H,5-8H2,1H3. The molecule has 1 aromatic heterocycles. The Labute approximate surface area is 99.3 Å². The topological polar surface area (TPSA) is 50.5 Å². The minimum absolute atomic E-state index is 0.776. The molecule has 1 fully saturated rings. The molecule has 5 nitrogen and oxygen atoms in total. The molecule has 0 spiro atoms. The number of fused-ring (bicyclic) bond motifs is 1. The monoisotopic (exact) mass is 233 g/mol. The van der Waals surface area contributed by atoms with Crippen LogP contribution in [0.25, 0.3) is 11.0 Å². The molecule has 2 aromatic rings. The summed E-state index contributed by atoms with van der Waals surface area (Å²) in [6.45, 7) is 3.84. The summed E-state index contributed by atoms with van der Waals surface area (Å²) in [7, 11) is 1.67. The number of benzene rings is 1. The van der Waals surface area contributed by atoms with Crippen LogP contribution in [0.15, 0.2) is 22.7 Å². The van der Waals surface area contributed by atoms with Crippen LogP contribution in [0.5, 0.6) is 5.75 Å². The molecule has 1 aromatic carbocycles. The number of methoxy groups -OCH3 is 1. The maximum Gasteiger partial charge on any atom is 0.183 e. The van der Waals surface area contributed by atoms with Crippen molar-refractivity contribution < 1.29 is 9.26 Å². The van der Waals surface area contributed by atoms with Crippen LogP contribution in [-0.2, 0) is 0 Å². The van der Waals surface area contributed by atoms with Crippen LogP contribution in [0.2, 0.25) is 0 Å². The summed E-state index contributed by atoms with van der Waals surface area (Å²) in [6, 6.07) is 5.76. The van der Waals surface area contributed by atoms with Crippen LogP contribution in [0, 0.1) is 0 Å². The van der Waals surface area contributed by atoms with Crippen molar-refractivity contribution in [3.63, 3.8) is 0 Å². The van der Waals surface area contributed by atoms with Crippen LogP contribution >= 0.6 is 0 Å². The quantitative estimate of drug-likeness (QED) is 0.846. The molecule has 90 valence electrons. The number of hydrogen-bond donors (Lipinski definition) is 1. The molecule has 0 atom stereocenters. The molecule has 0 saturated carbocycles. The number of ether oxygens (including phenoxy) is 1.